The first-order chi connectivity index (χ1) is 10.1. The quantitative estimate of drug-likeness (QED) is 0.873. The van der Waals surface area contributed by atoms with Crippen LogP contribution in [0.1, 0.15) is 6.92 Å². The molecular weight excluding hydrogens is 268 g/mol. The second-order valence-corrected chi connectivity index (χ2v) is 5.14. The summed E-state index contributed by atoms with van der Waals surface area (Å²) >= 11 is 0. The number of para-hydroxylation sites is 1. The number of aromatic hydroxyl groups is 1. The molecule has 0 saturated carbocycles. The molecule has 6 nitrogen and oxygen atoms in total. The summed E-state index contributed by atoms with van der Waals surface area (Å²) in [6.45, 7) is 4.21. The predicted octanol–water partition coefficient (Wildman–Crippen LogP) is 1.66. The lowest BCUT2D eigenvalue weighted by Gasteiger charge is -2.33. The van der Waals surface area contributed by atoms with Crippen molar-refractivity contribution in [2.75, 3.05) is 30.3 Å². The summed E-state index contributed by atoms with van der Waals surface area (Å²) in [6.07, 6.45) is 0.153. The molecule has 0 radical (unpaired) electrons. The minimum absolute atomic E-state index is 0.153. The average Bonchev–Trinajstić information content (AvgIpc) is 2.48. The van der Waals surface area contributed by atoms with Crippen molar-refractivity contribution in [3.8, 4) is 17.0 Å². The van der Waals surface area contributed by atoms with E-state index in [1.54, 1.807) is 18.2 Å². The maximum absolute atomic E-state index is 9.94. The number of benzene rings is 1. The van der Waals surface area contributed by atoms with Crippen molar-refractivity contribution < 1.29 is 9.84 Å². The fourth-order valence-electron chi connectivity index (χ4n) is 2.50. The zero-order valence-corrected chi connectivity index (χ0v) is 11.9. The zero-order valence-electron chi connectivity index (χ0n) is 11.9. The summed E-state index contributed by atoms with van der Waals surface area (Å²) in [5.41, 5.74) is 8.05. The Labute approximate surface area is 123 Å². The molecule has 1 saturated heterocycles. The number of anilines is 2. The number of phenols is 1. The number of ether oxygens (including phenoxy) is 1. The van der Waals surface area contributed by atoms with E-state index in [9.17, 15) is 5.11 Å². The van der Waals surface area contributed by atoms with Crippen LogP contribution in [-0.4, -0.2) is 41.1 Å². The number of morpholine rings is 1. The van der Waals surface area contributed by atoms with Crippen LogP contribution >= 0.6 is 0 Å². The molecule has 6 heteroatoms. The SMILES string of the molecule is C[C@@H]1CN(c2cc(-c3ccccc3O)nnc2N)CCO1. The average molecular weight is 286 g/mol. The van der Waals surface area contributed by atoms with Gasteiger partial charge in [0.1, 0.15) is 5.75 Å². The van der Waals surface area contributed by atoms with Crippen LogP contribution in [0.4, 0.5) is 11.5 Å². The van der Waals surface area contributed by atoms with Gasteiger partial charge in [0.25, 0.3) is 0 Å². The standard InChI is InChI=1S/C15H18N4O2/c1-10-9-19(6-7-21-10)13-8-12(17-18-15(13)16)11-4-2-3-5-14(11)20/h2-5,8,10,20H,6-7,9H2,1H3,(H2,16,18)/t10-/m1/s1. The van der Waals surface area contributed by atoms with E-state index in [4.69, 9.17) is 10.5 Å². The largest absolute Gasteiger partial charge is 0.507 e. The fraction of sp³-hybridized carbons (Fsp3) is 0.333. The Kier molecular flexibility index (Phi) is 3.62. The first kappa shape index (κ1) is 13.6. The molecule has 1 aromatic heterocycles. The van der Waals surface area contributed by atoms with Gasteiger partial charge in [-0.25, -0.2) is 0 Å². The van der Waals surface area contributed by atoms with Crippen LogP contribution in [0.2, 0.25) is 0 Å². The van der Waals surface area contributed by atoms with Gasteiger partial charge in [0.05, 0.1) is 24.1 Å². The van der Waals surface area contributed by atoms with E-state index in [1.165, 1.54) is 0 Å². The van der Waals surface area contributed by atoms with E-state index in [1.807, 2.05) is 19.1 Å². The van der Waals surface area contributed by atoms with Crippen LogP contribution in [0.5, 0.6) is 5.75 Å². The second kappa shape index (κ2) is 5.57. The van der Waals surface area contributed by atoms with E-state index in [2.05, 4.69) is 15.1 Å². The molecule has 1 fully saturated rings. The molecule has 1 aliphatic heterocycles. The van der Waals surface area contributed by atoms with Gasteiger partial charge >= 0.3 is 0 Å². The Balaban J connectivity index is 1.98. The summed E-state index contributed by atoms with van der Waals surface area (Å²) in [7, 11) is 0. The van der Waals surface area contributed by atoms with Crippen molar-refractivity contribution in [3.63, 3.8) is 0 Å². The number of aromatic nitrogens is 2. The Morgan fingerprint density at radius 3 is 2.90 bits per heavy atom. The van der Waals surface area contributed by atoms with Gasteiger partial charge in [-0.05, 0) is 25.1 Å². The monoisotopic (exact) mass is 286 g/mol. The molecule has 0 aliphatic carbocycles. The van der Waals surface area contributed by atoms with Gasteiger partial charge in [-0.15, -0.1) is 10.2 Å². The maximum Gasteiger partial charge on any atom is 0.169 e. The van der Waals surface area contributed by atoms with Crippen molar-refractivity contribution in [1.82, 2.24) is 10.2 Å². The van der Waals surface area contributed by atoms with Crippen LogP contribution in [-0.2, 0) is 4.74 Å². The highest BCUT2D eigenvalue weighted by Gasteiger charge is 2.20. The number of rotatable bonds is 2. The van der Waals surface area contributed by atoms with Gasteiger partial charge in [-0.1, -0.05) is 12.1 Å². The number of nitrogen functional groups attached to an aromatic ring is 1. The highest BCUT2D eigenvalue weighted by Crippen LogP contribution is 2.31. The smallest absolute Gasteiger partial charge is 0.169 e. The van der Waals surface area contributed by atoms with Crippen molar-refractivity contribution in [3.05, 3.63) is 30.3 Å². The number of hydrogen-bond donors (Lipinski definition) is 2. The molecule has 3 N–H and O–H groups in total. The van der Waals surface area contributed by atoms with Gasteiger partial charge in [0.15, 0.2) is 5.82 Å². The summed E-state index contributed by atoms with van der Waals surface area (Å²) in [5.74, 6) is 0.570. The van der Waals surface area contributed by atoms with Crippen LogP contribution in [0.3, 0.4) is 0 Å². The number of hydrogen-bond acceptors (Lipinski definition) is 6. The first-order valence-corrected chi connectivity index (χ1v) is 6.93. The second-order valence-electron chi connectivity index (χ2n) is 5.14. The van der Waals surface area contributed by atoms with Gasteiger partial charge in [0, 0.05) is 18.7 Å². The van der Waals surface area contributed by atoms with Gasteiger partial charge in [-0.2, -0.15) is 0 Å². The molecule has 21 heavy (non-hydrogen) atoms. The molecule has 0 bridgehead atoms. The number of nitrogens with two attached hydrogens (primary N) is 1. The molecule has 2 heterocycles. The van der Waals surface area contributed by atoms with Crippen LogP contribution < -0.4 is 10.6 Å². The van der Waals surface area contributed by atoms with Crippen molar-refractivity contribution in [2.45, 2.75) is 13.0 Å². The zero-order chi connectivity index (χ0) is 14.8. The fourth-order valence-corrected chi connectivity index (χ4v) is 2.50. The third-order valence-electron chi connectivity index (χ3n) is 3.56. The molecule has 0 amide bonds. The van der Waals surface area contributed by atoms with E-state index in [0.717, 1.165) is 18.8 Å². The maximum atomic E-state index is 9.94. The predicted molar refractivity (Wildman–Crippen MR) is 81.2 cm³/mol. The minimum atomic E-state index is 0.153. The van der Waals surface area contributed by atoms with Crippen molar-refractivity contribution in [2.24, 2.45) is 0 Å². The molecule has 1 aliphatic rings. The van der Waals surface area contributed by atoms with E-state index in [-0.39, 0.29) is 11.9 Å². The van der Waals surface area contributed by atoms with Gasteiger partial charge in [-0.3, -0.25) is 0 Å². The highest BCUT2D eigenvalue weighted by atomic mass is 16.5. The van der Waals surface area contributed by atoms with E-state index >= 15 is 0 Å². The van der Waals surface area contributed by atoms with Crippen LogP contribution in [0, 0.1) is 0 Å². The molecule has 110 valence electrons. The first-order valence-electron chi connectivity index (χ1n) is 6.93. The molecule has 0 spiro atoms. The Bertz CT molecular complexity index is 647. The molecule has 1 aromatic carbocycles. The summed E-state index contributed by atoms with van der Waals surface area (Å²) in [6, 6.07) is 8.93. The van der Waals surface area contributed by atoms with Gasteiger partial charge in [0.2, 0.25) is 0 Å². The Hall–Kier alpha value is -2.34. The lowest BCUT2D eigenvalue weighted by Crippen LogP contribution is -2.41. The van der Waals surface area contributed by atoms with Crippen molar-refractivity contribution >= 4 is 11.5 Å². The number of phenolic OH excluding ortho intramolecular Hbond substituents is 1. The molecule has 3 rings (SSSR count). The molecular formula is C15H18N4O2. The van der Waals surface area contributed by atoms with Crippen LogP contribution in [0.15, 0.2) is 30.3 Å². The summed E-state index contributed by atoms with van der Waals surface area (Å²) in [5, 5.41) is 18.1. The summed E-state index contributed by atoms with van der Waals surface area (Å²) < 4.78 is 5.54. The lowest BCUT2D eigenvalue weighted by atomic mass is 10.1. The van der Waals surface area contributed by atoms with E-state index in [0.29, 0.717) is 23.7 Å². The van der Waals surface area contributed by atoms with Gasteiger partial charge < -0.3 is 20.5 Å². The number of nitrogens with zero attached hydrogens (tertiary/aromatic N) is 3. The van der Waals surface area contributed by atoms with Crippen molar-refractivity contribution in [1.29, 1.82) is 0 Å². The topological polar surface area (TPSA) is 84.5 Å². The third-order valence-corrected chi connectivity index (χ3v) is 3.56. The molecule has 0 unspecified atom stereocenters. The Morgan fingerprint density at radius 2 is 2.14 bits per heavy atom. The highest BCUT2D eigenvalue weighted by molar-refractivity contribution is 5.74. The minimum Gasteiger partial charge on any atom is -0.507 e. The normalized spacial score (nSPS) is 18.7. The molecule has 2 aromatic rings. The van der Waals surface area contributed by atoms with Crippen LogP contribution in [0.25, 0.3) is 11.3 Å². The summed E-state index contributed by atoms with van der Waals surface area (Å²) in [4.78, 5) is 2.14. The molecule has 1 atom stereocenters. The third kappa shape index (κ3) is 2.75. The lowest BCUT2D eigenvalue weighted by molar-refractivity contribution is 0.0532. The van der Waals surface area contributed by atoms with E-state index < -0.39 is 0 Å². The Morgan fingerprint density at radius 1 is 1.33 bits per heavy atom.